The van der Waals surface area contributed by atoms with E-state index in [-0.39, 0.29) is 0 Å². The summed E-state index contributed by atoms with van der Waals surface area (Å²) in [6.07, 6.45) is 4.01. The zero-order valence-electron chi connectivity index (χ0n) is 9.78. The molecule has 0 rings (SSSR count). The molecule has 0 N–H and O–H groups in total. The third kappa shape index (κ3) is 3.16. The maximum Gasteiger partial charge on any atom is -0.0305 e. The summed E-state index contributed by atoms with van der Waals surface area (Å²) in [4.78, 5) is 0. The van der Waals surface area contributed by atoms with Crippen molar-refractivity contribution in [2.75, 3.05) is 0 Å². The van der Waals surface area contributed by atoms with Crippen LogP contribution in [0.5, 0.6) is 0 Å². The summed E-state index contributed by atoms with van der Waals surface area (Å²) in [5.74, 6) is 1.71. The van der Waals surface area contributed by atoms with Gasteiger partial charge >= 0.3 is 0 Å². The SMILES string of the molecule is CCC(C)(CC)C(C)CC(C)C. The molecule has 0 amide bonds. The minimum absolute atomic E-state index is 0.574. The Balaban J connectivity index is 4.11. The fourth-order valence-electron chi connectivity index (χ4n) is 1.94. The molecule has 0 aromatic carbocycles. The van der Waals surface area contributed by atoms with Gasteiger partial charge in [0.1, 0.15) is 0 Å². The second-order valence-electron chi connectivity index (χ2n) is 4.89. The van der Waals surface area contributed by atoms with Crippen molar-refractivity contribution in [3.63, 3.8) is 0 Å². The first-order valence-corrected chi connectivity index (χ1v) is 5.46. The predicted octanol–water partition coefficient (Wildman–Crippen LogP) is 4.49. The van der Waals surface area contributed by atoms with Gasteiger partial charge in [-0.1, -0.05) is 54.4 Å². The maximum absolute atomic E-state index is 2.43. The summed E-state index contributed by atoms with van der Waals surface area (Å²) in [7, 11) is 0. The van der Waals surface area contributed by atoms with Crippen LogP contribution in [0.15, 0.2) is 0 Å². The highest BCUT2D eigenvalue weighted by atomic mass is 14.3. The highest BCUT2D eigenvalue weighted by Crippen LogP contribution is 2.37. The van der Waals surface area contributed by atoms with Gasteiger partial charge in [0.25, 0.3) is 0 Å². The largest absolute Gasteiger partial charge is 0.0649 e. The Kier molecular flexibility index (Phi) is 4.89. The predicted molar refractivity (Wildman–Crippen MR) is 57.3 cm³/mol. The lowest BCUT2D eigenvalue weighted by Crippen LogP contribution is -2.24. The molecule has 0 aliphatic rings. The zero-order valence-corrected chi connectivity index (χ0v) is 9.78. The highest BCUT2D eigenvalue weighted by Gasteiger charge is 2.27. The van der Waals surface area contributed by atoms with Gasteiger partial charge < -0.3 is 0 Å². The molecule has 0 radical (unpaired) electrons. The maximum atomic E-state index is 2.43. The molecule has 0 nitrogen and oxygen atoms in total. The van der Waals surface area contributed by atoms with Crippen molar-refractivity contribution in [3.05, 3.63) is 0 Å². The van der Waals surface area contributed by atoms with Gasteiger partial charge in [0.15, 0.2) is 0 Å². The molecule has 0 heterocycles. The van der Waals surface area contributed by atoms with Gasteiger partial charge in [0, 0.05) is 0 Å². The molecule has 74 valence electrons. The van der Waals surface area contributed by atoms with Crippen LogP contribution in [0.4, 0.5) is 0 Å². The zero-order chi connectivity index (χ0) is 9.78. The Morgan fingerprint density at radius 2 is 1.42 bits per heavy atom. The second kappa shape index (κ2) is 4.89. The van der Waals surface area contributed by atoms with Crippen LogP contribution in [0.25, 0.3) is 0 Å². The fourth-order valence-corrected chi connectivity index (χ4v) is 1.94. The van der Waals surface area contributed by atoms with Gasteiger partial charge in [-0.3, -0.25) is 0 Å². The average Bonchev–Trinajstić information content (AvgIpc) is 2.02. The van der Waals surface area contributed by atoms with Gasteiger partial charge in [-0.05, 0) is 23.7 Å². The monoisotopic (exact) mass is 170 g/mol. The summed E-state index contributed by atoms with van der Waals surface area (Å²) in [6, 6.07) is 0. The van der Waals surface area contributed by atoms with E-state index in [0.717, 1.165) is 11.8 Å². The van der Waals surface area contributed by atoms with Crippen LogP contribution < -0.4 is 0 Å². The van der Waals surface area contributed by atoms with E-state index in [1.807, 2.05) is 0 Å². The molecule has 0 bridgehead atoms. The highest BCUT2D eigenvalue weighted by molar-refractivity contribution is 4.77. The molecular weight excluding hydrogens is 144 g/mol. The Bertz CT molecular complexity index is 109. The molecule has 0 aromatic heterocycles. The quantitative estimate of drug-likeness (QED) is 0.570. The van der Waals surface area contributed by atoms with E-state index in [4.69, 9.17) is 0 Å². The van der Waals surface area contributed by atoms with Crippen LogP contribution in [0.3, 0.4) is 0 Å². The van der Waals surface area contributed by atoms with Crippen LogP contribution in [-0.4, -0.2) is 0 Å². The standard InChI is InChI=1S/C12H26/c1-7-12(6,8-2)11(5)9-10(3)4/h10-11H,7-9H2,1-6H3. The van der Waals surface area contributed by atoms with Crippen molar-refractivity contribution in [2.24, 2.45) is 17.3 Å². The molecule has 0 fully saturated rings. The van der Waals surface area contributed by atoms with Crippen LogP contribution >= 0.6 is 0 Å². The van der Waals surface area contributed by atoms with Crippen molar-refractivity contribution >= 4 is 0 Å². The summed E-state index contributed by atoms with van der Waals surface area (Å²) in [5.41, 5.74) is 0.574. The van der Waals surface area contributed by atoms with E-state index in [1.54, 1.807) is 0 Å². The molecule has 12 heavy (non-hydrogen) atoms. The first-order valence-electron chi connectivity index (χ1n) is 5.46. The Morgan fingerprint density at radius 1 is 1.00 bits per heavy atom. The van der Waals surface area contributed by atoms with E-state index in [9.17, 15) is 0 Å². The molecule has 1 atom stereocenters. The number of rotatable bonds is 5. The van der Waals surface area contributed by atoms with Gasteiger partial charge in [-0.2, -0.15) is 0 Å². The average molecular weight is 170 g/mol. The smallest absolute Gasteiger partial charge is 0.0305 e. The summed E-state index contributed by atoms with van der Waals surface area (Å²) in [6.45, 7) is 14.1. The van der Waals surface area contributed by atoms with E-state index < -0.39 is 0 Å². The van der Waals surface area contributed by atoms with Crippen molar-refractivity contribution < 1.29 is 0 Å². The topological polar surface area (TPSA) is 0 Å². The molecule has 0 saturated heterocycles. The first kappa shape index (κ1) is 12.0. The van der Waals surface area contributed by atoms with Crippen LogP contribution in [0.2, 0.25) is 0 Å². The molecule has 0 aliphatic carbocycles. The van der Waals surface area contributed by atoms with E-state index in [1.165, 1.54) is 19.3 Å². The lowest BCUT2D eigenvalue weighted by Gasteiger charge is -2.35. The number of hydrogen-bond acceptors (Lipinski definition) is 0. The molecule has 0 aliphatic heterocycles. The van der Waals surface area contributed by atoms with Crippen molar-refractivity contribution in [1.29, 1.82) is 0 Å². The van der Waals surface area contributed by atoms with E-state index in [0.29, 0.717) is 5.41 Å². The van der Waals surface area contributed by atoms with E-state index in [2.05, 4.69) is 41.5 Å². The van der Waals surface area contributed by atoms with E-state index >= 15 is 0 Å². The molecule has 0 heteroatoms. The van der Waals surface area contributed by atoms with Gasteiger partial charge in [-0.25, -0.2) is 0 Å². The van der Waals surface area contributed by atoms with Crippen LogP contribution in [0, 0.1) is 17.3 Å². The Morgan fingerprint density at radius 3 is 1.67 bits per heavy atom. The third-order valence-corrected chi connectivity index (χ3v) is 3.63. The van der Waals surface area contributed by atoms with Crippen molar-refractivity contribution in [1.82, 2.24) is 0 Å². The molecular formula is C12H26. The Labute approximate surface area is 78.8 Å². The normalized spacial score (nSPS) is 15.2. The van der Waals surface area contributed by atoms with Crippen LogP contribution in [-0.2, 0) is 0 Å². The summed E-state index contributed by atoms with van der Waals surface area (Å²) >= 11 is 0. The second-order valence-corrected chi connectivity index (χ2v) is 4.89. The molecule has 1 unspecified atom stereocenters. The molecule has 0 saturated carbocycles. The minimum Gasteiger partial charge on any atom is -0.0649 e. The summed E-state index contributed by atoms with van der Waals surface area (Å²) in [5, 5.41) is 0. The lowest BCUT2D eigenvalue weighted by molar-refractivity contribution is 0.159. The van der Waals surface area contributed by atoms with Gasteiger partial charge in [0.2, 0.25) is 0 Å². The van der Waals surface area contributed by atoms with Gasteiger partial charge in [0.05, 0.1) is 0 Å². The third-order valence-electron chi connectivity index (χ3n) is 3.63. The molecule has 0 aromatic rings. The minimum atomic E-state index is 0.574. The van der Waals surface area contributed by atoms with Gasteiger partial charge in [-0.15, -0.1) is 0 Å². The van der Waals surface area contributed by atoms with Crippen molar-refractivity contribution in [2.45, 2.75) is 60.8 Å². The fraction of sp³-hybridized carbons (Fsp3) is 1.00. The Hall–Kier alpha value is 0. The first-order chi connectivity index (χ1) is 5.46. The lowest BCUT2D eigenvalue weighted by atomic mass is 9.71. The van der Waals surface area contributed by atoms with Crippen molar-refractivity contribution in [3.8, 4) is 0 Å². The molecule has 0 spiro atoms. The summed E-state index contributed by atoms with van der Waals surface area (Å²) < 4.78 is 0. The number of hydrogen-bond donors (Lipinski definition) is 0. The van der Waals surface area contributed by atoms with Crippen LogP contribution in [0.1, 0.15) is 60.8 Å².